The van der Waals surface area contributed by atoms with Crippen molar-refractivity contribution in [2.75, 3.05) is 0 Å². The molecule has 1 heterocycles. The Morgan fingerprint density at radius 3 is 2.40 bits per heavy atom. The minimum Gasteiger partial charge on any atom is -0.261 e. The van der Waals surface area contributed by atoms with E-state index >= 15 is 0 Å². The zero-order valence-corrected chi connectivity index (χ0v) is 13.4. The summed E-state index contributed by atoms with van der Waals surface area (Å²) in [6, 6.07) is 4.45. The summed E-state index contributed by atoms with van der Waals surface area (Å²) in [6.07, 6.45) is 16.2. The highest BCUT2D eigenvalue weighted by atomic mass is 14.7. The predicted molar refractivity (Wildman–Crippen MR) is 87.0 cm³/mol. The van der Waals surface area contributed by atoms with Crippen molar-refractivity contribution in [2.24, 2.45) is 5.92 Å². The largest absolute Gasteiger partial charge is 0.261 e. The number of nitrogens with zero attached hydrogens (tertiary/aromatic N) is 1. The first-order valence-corrected chi connectivity index (χ1v) is 8.72. The zero-order valence-electron chi connectivity index (χ0n) is 13.4. The molecule has 1 heteroatoms. The highest BCUT2D eigenvalue weighted by Crippen LogP contribution is 2.37. The Kier molecular flexibility index (Phi) is 6.56. The molecule has 0 unspecified atom stereocenters. The van der Waals surface area contributed by atoms with Crippen LogP contribution in [0.25, 0.3) is 0 Å². The van der Waals surface area contributed by atoms with E-state index < -0.39 is 0 Å². The lowest BCUT2D eigenvalue weighted by molar-refractivity contribution is 0.299. The van der Waals surface area contributed by atoms with Crippen LogP contribution in [-0.4, -0.2) is 4.98 Å². The van der Waals surface area contributed by atoms with Gasteiger partial charge in [-0.05, 0) is 50.2 Å². The molecule has 0 amide bonds. The van der Waals surface area contributed by atoms with Crippen LogP contribution >= 0.6 is 0 Å². The van der Waals surface area contributed by atoms with E-state index in [2.05, 4.69) is 31.0 Å². The van der Waals surface area contributed by atoms with Crippen LogP contribution in [0.1, 0.15) is 88.3 Å². The van der Waals surface area contributed by atoms with E-state index in [1.54, 1.807) is 0 Å². The van der Waals surface area contributed by atoms with E-state index in [9.17, 15) is 0 Å². The number of hydrogen-bond donors (Lipinski definition) is 0. The number of hydrogen-bond acceptors (Lipinski definition) is 1. The molecule has 1 aliphatic carbocycles. The third kappa shape index (κ3) is 4.92. The van der Waals surface area contributed by atoms with E-state index in [1.807, 2.05) is 6.20 Å². The molecular formula is C19H31N. The fraction of sp³-hybridized carbons (Fsp3) is 0.737. The Hall–Kier alpha value is -0.850. The summed E-state index contributed by atoms with van der Waals surface area (Å²) >= 11 is 0. The van der Waals surface area contributed by atoms with Gasteiger partial charge in [0, 0.05) is 17.8 Å². The first kappa shape index (κ1) is 15.5. The van der Waals surface area contributed by atoms with E-state index in [0.717, 1.165) is 11.8 Å². The Labute approximate surface area is 125 Å². The standard InChI is InChI=1S/C19H31N/c1-3-4-5-6-7-8-17-10-12-18(13-11-17)19-14-9-16(2)15-20-19/h9,14-15,17-18H,3-8,10-13H2,1-2H3. The molecule has 0 aliphatic heterocycles. The van der Waals surface area contributed by atoms with Crippen LogP contribution in [0.5, 0.6) is 0 Å². The van der Waals surface area contributed by atoms with Gasteiger partial charge < -0.3 is 0 Å². The minimum absolute atomic E-state index is 0.729. The fourth-order valence-electron chi connectivity index (χ4n) is 3.50. The molecule has 0 saturated heterocycles. The Morgan fingerprint density at radius 1 is 1.00 bits per heavy atom. The van der Waals surface area contributed by atoms with E-state index in [4.69, 9.17) is 0 Å². The number of unbranched alkanes of at least 4 members (excludes halogenated alkanes) is 4. The smallest absolute Gasteiger partial charge is 0.0434 e. The molecule has 0 bridgehead atoms. The van der Waals surface area contributed by atoms with Crippen LogP contribution in [0.3, 0.4) is 0 Å². The second-order valence-corrected chi connectivity index (χ2v) is 6.68. The molecular weight excluding hydrogens is 242 g/mol. The van der Waals surface area contributed by atoms with Crippen LogP contribution in [0, 0.1) is 12.8 Å². The molecule has 0 aromatic carbocycles. The molecule has 1 fully saturated rings. The van der Waals surface area contributed by atoms with Crippen LogP contribution in [0.4, 0.5) is 0 Å². The van der Waals surface area contributed by atoms with Gasteiger partial charge in [-0.2, -0.15) is 0 Å². The molecule has 1 nitrogen and oxygen atoms in total. The maximum atomic E-state index is 4.62. The van der Waals surface area contributed by atoms with Crippen LogP contribution in [-0.2, 0) is 0 Å². The first-order chi connectivity index (χ1) is 9.79. The quantitative estimate of drug-likeness (QED) is 0.553. The predicted octanol–water partition coefficient (Wildman–Crippen LogP) is 6.02. The minimum atomic E-state index is 0.729. The molecule has 1 aromatic rings. The molecule has 0 radical (unpaired) electrons. The third-order valence-electron chi connectivity index (χ3n) is 4.92. The van der Waals surface area contributed by atoms with E-state index in [-0.39, 0.29) is 0 Å². The van der Waals surface area contributed by atoms with Crippen molar-refractivity contribution in [3.8, 4) is 0 Å². The van der Waals surface area contributed by atoms with Gasteiger partial charge in [0.1, 0.15) is 0 Å². The van der Waals surface area contributed by atoms with Gasteiger partial charge in [0.05, 0.1) is 0 Å². The van der Waals surface area contributed by atoms with Crippen molar-refractivity contribution in [3.63, 3.8) is 0 Å². The summed E-state index contributed by atoms with van der Waals surface area (Å²) in [7, 11) is 0. The van der Waals surface area contributed by atoms with Gasteiger partial charge in [0.25, 0.3) is 0 Å². The Balaban J connectivity index is 1.66. The monoisotopic (exact) mass is 273 g/mol. The average Bonchev–Trinajstić information content (AvgIpc) is 2.49. The van der Waals surface area contributed by atoms with Crippen molar-refractivity contribution >= 4 is 0 Å². The summed E-state index contributed by atoms with van der Waals surface area (Å²) in [5.41, 5.74) is 2.60. The maximum absolute atomic E-state index is 4.62. The molecule has 0 atom stereocenters. The van der Waals surface area contributed by atoms with Crippen molar-refractivity contribution < 1.29 is 0 Å². The van der Waals surface area contributed by atoms with Crippen LogP contribution < -0.4 is 0 Å². The van der Waals surface area contributed by atoms with Crippen LogP contribution in [0.2, 0.25) is 0 Å². The van der Waals surface area contributed by atoms with Gasteiger partial charge in [-0.15, -0.1) is 0 Å². The second-order valence-electron chi connectivity index (χ2n) is 6.68. The normalized spacial score (nSPS) is 22.9. The Bertz CT molecular complexity index is 360. The lowest BCUT2D eigenvalue weighted by Gasteiger charge is -2.28. The molecule has 0 N–H and O–H groups in total. The molecule has 20 heavy (non-hydrogen) atoms. The highest BCUT2D eigenvalue weighted by molar-refractivity contribution is 5.16. The molecule has 1 saturated carbocycles. The number of aryl methyl sites for hydroxylation is 1. The summed E-state index contributed by atoms with van der Waals surface area (Å²) in [5.74, 6) is 1.73. The van der Waals surface area contributed by atoms with Gasteiger partial charge >= 0.3 is 0 Å². The lowest BCUT2D eigenvalue weighted by atomic mass is 9.78. The number of pyridine rings is 1. The Morgan fingerprint density at radius 2 is 1.75 bits per heavy atom. The van der Waals surface area contributed by atoms with Gasteiger partial charge in [0.15, 0.2) is 0 Å². The van der Waals surface area contributed by atoms with Crippen molar-refractivity contribution in [1.29, 1.82) is 0 Å². The van der Waals surface area contributed by atoms with Crippen molar-refractivity contribution in [1.82, 2.24) is 4.98 Å². The zero-order chi connectivity index (χ0) is 14.2. The van der Waals surface area contributed by atoms with Gasteiger partial charge in [-0.25, -0.2) is 0 Å². The van der Waals surface area contributed by atoms with Crippen molar-refractivity contribution in [3.05, 3.63) is 29.6 Å². The van der Waals surface area contributed by atoms with Crippen LogP contribution in [0.15, 0.2) is 18.3 Å². The average molecular weight is 273 g/mol. The summed E-state index contributed by atoms with van der Waals surface area (Å²) in [4.78, 5) is 4.62. The summed E-state index contributed by atoms with van der Waals surface area (Å²) < 4.78 is 0. The van der Waals surface area contributed by atoms with Gasteiger partial charge in [0.2, 0.25) is 0 Å². The second kappa shape index (κ2) is 8.44. The molecule has 0 spiro atoms. The maximum Gasteiger partial charge on any atom is 0.0434 e. The van der Waals surface area contributed by atoms with Gasteiger partial charge in [-0.1, -0.05) is 51.5 Å². The fourth-order valence-corrected chi connectivity index (χ4v) is 3.50. The topological polar surface area (TPSA) is 12.9 Å². The summed E-state index contributed by atoms with van der Waals surface area (Å²) in [6.45, 7) is 4.41. The first-order valence-electron chi connectivity index (χ1n) is 8.72. The third-order valence-corrected chi connectivity index (χ3v) is 4.92. The molecule has 1 aliphatic rings. The van der Waals surface area contributed by atoms with E-state index in [1.165, 1.54) is 75.5 Å². The summed E-state index contributed by atoms with van der Waals surface area (Å²) in [5, 5.41) is 0. The molecule has 2 rings (SSSR count). The van der Waals surface area contributed by atoms with Gasteiger partial charge in [-0.3, -0.25) is 4.98 Å². The molecule has 112 valence electrons. The van der Waals surface area contributed by atoms with E-state index in [0.29, 0.717) is 0 Å². The lowest BCUT2D eigenvalue weighted by Crippen LogP contribution is -2.14. The highest BCUT2D eigenvalue weighted by Gasteiger charge is 2.22. The SMILES string of the molecule is CCCCCCCC1CCC(c2ccc(C)cn2)CC1. The number of rotatable bonds is 7. The molecule has 1 aromatic heterocycles. The number of aromatic nitrogens is 1. The van der Waals surface area contributed by atoms with Crippen molar-refractivity contribution in [2.45, 2.75) is 84.0 Å².